The quantitative estimate of drug-likeness (QED) is 0.103. The third-order valence-electron chi connectivity index (χ3n) is 11.5. The maximum Gasteiger partial charge on any atom is 0.143 e. The minimum atomic E-state index is -0.878. The number of ether oxygens (including phenoxy) is 4. The molecule has 0 unspecified atom stereocenters. The fourth-order valence-corrected chi connectivity index (χ4v) is 8.37. The molecule has 4 aromatic carbocycles. The summed E-state index contributed by atoms with van der Waals surface area (Å²) >= 11 is 0. The standard InChI is InChI=1S/C38H48N4O6/c1-9-37(10-2)39-31-23(45-5)15-13-19-21(17-25(47-7)33(41-37)27(19)31)29-35(43)30(36(29)44)22-18-26(48-8)34-28-20(22)14-16-24(46-6)32(28)40-38(11-3,12-4)42-34/h13-18,29-30,35-36,39-44H,9-12H2,1-8H3. The Kier molecular flexibility index (Phi) is 7.87. The number of aliphatic hydroxyl groups is 2. The lowest BCUT2D eigenvalue weighted by atomic mass is 9.62. The number of hydrogen-bond donors (Lipinski definition) is 6. The molecule has 0 radical (unpaired) electrons. The number of anilines is 4. The summed E-state index contributed by atoms with van der Waals surface area (Å²) in [7, 11) is 6.66. The monoisotopic (exact) mass is 656 g/mol. The first-order valence-corrected chi connectivity index (χ1v) is 17.1. The van der Waals surface area contributed by atoms with Crippen LogP contribution >= 0.6 is 0 Å². The van der Waals surface area contributed by atoms with Gasteiger partial charge in [0, 0.05) is 22.6 Å². The van der Waals surface area contributed by atoms with Crippen LogP contribution in [0.25, 0.3) is 21.5 Å². The van der Waals surface area contributed by atoms with Gasteiger partial charge in [-0.1, -0.05) is 39.8 Å². The van der Waals surface area contributed by atoms with Gasteiger partial charge in [0.15, 0.2) is 0 Å². The van der Waals surface area contributed by atoms with Crippen LogP contribution in [0.5, 0.6) is 23.0 Å². The maximum absolute atomic E-state index is 12.1. The number of methoxy groups -OCH3 is 4. The van der Waals surface area contributed by atoms with Gasteiger partial charge >= 0.3 is 0 Å². The molecule has 1 aliphatic carbocycles. The smallest absolute Gasteiger partial charge is 0.143 e. The van der Waals surface area contributed by atoms with Crippen molar-refractivity contribution in [3.05, 3.63) is 47.5 Å². The third-order valence-corrected chi connectivity index (χ3v) is 11.5. The molecule has 256 valence electrons. The first-order chi connectivity index (χ1) is 23.2. The Bertz CT molecular complexity index is 1730. The van der Waals surface area contributed by atoms with E-state index in [0.29, 0.717) is 11.5 Å². The highest BCUT2D eigenvalue weighted by Crippen LogP contribution is 2.58. The summed E-state index contributed by atoms with van der Waals surface area (Å²) in [5, 5.41) is 42.8. The normalized spacial score (nSPS) is 22.9. The van der Waals surface area contributed by atoms with Gasteiger partial charge in [0.1, 0.15) is 34.3 Å². The summed E-state index contributed by atoms with van der Waals surface area (Å²) in [6.45, 7) is 8.58. The van der Waals surface area contributed by atoms with Crippen molar-refractivity contribution in [3.63, 3.8) is 0 Å². The number of nitrogens with one attached hydrogen (secondary N) is 4. The molecule has 0 aromatic heterocycles. The van der Waals surface area contributed by atoms with Crippen molar-refractivity contribution < 1.29 is 29.2 Å². The van der Waals surface area contributed by atoms with Crippen LogP contribution in [0.2, 0.25) is 0 Å². The SMILES string of the molecule is CCC1(CC)Nc2c(OC)ccc3c(C4C(O)C(c5cc(OC)c6c7c(c(OC)ccc57)NC(CC)(CC)N6)C4O)cc(OC)c(c23)N1. The van der Waals surface area contributed by atoms with Crippen LogP contribution < -0.4 is 40.2 Å². The van der Waals surface area contributed by atoms with E-state index in [1.54, 1.807) is 28.4 Å². The molecule has 2 aliphatic heterocycles. The largest absolute Gasteiger partial charge is 0.495 e. The van der Waals surface area contributed by atoms with Gasteiger partial charge in [-0.2, -0.15) is 0 Å². The second kappa shape index (κ2) is 11.7. The predicted molar refractivity (Wildman–Crippen MR) is 193 cm³/mol. The lowest BCUT2D eigenvalue weighted by molar-refractivity contribution is -0.0776. The van der Waals surface area contributed by atoms with Crippen LogP contribution in [0.15, 0.2) is 36.4 Å². The van der Waals surface area contributed by atoms with E-state index in [4.69, 9.17) is 18.9 Å². The topological polar surface area (TPSA) is 126 Å². The van der Waals surface area contributed by atoms with Crippen LogP contribution in [0, 0.1) is 0 Å². The van der Waals surface area contributed by atoms with Crippen molar-refractivity contribution in [2.24, 2.45) is 0 Å². The average molecular weight is 657 g/mol. The summed E-state index contributed by atoms with van der Waals surface area (Å²) in [4.78, 5) is 0. The highest BCUT2D eigenvalue weighted by Gasteiger charge is 2.52. The van der Waals surface area contributed by atoms with Gasteiger partial charge in [-0.15, -0.1) is 0 Å². The lowest BCUT2D eigenvalue weighted by Gasteiger charge is -2.49. The molecule has 3 aliphatic rings. The Labute approximate surface area is 282 Å². The van der Waals surface area contributed by atoms with Crippen molar-refractivity contribution in [3.8, 4) is 23.0 Å². The van der Waals surface area contributed by atoms with E-state index in [0.717, 1.165) is 92.6 Å². The van der Waals surface area contributed by atoms with E-state index >= 15 is 0 Å². The van der Waals surface area contributed by atoms with Gasteiger partial charge in [0.2, 0.25) is 0 Å². The molecular formula is C38H48N4O6. The first-order valence-electron chi connectivity index (χ1n) is 17.1. The van der Waals surface area contributed by atoms with Crippen molar-refractivity contribution in [1.82, 2.24) is 0 Å². The van der Waals surface area contributed by atoms with Gasteiger partial charge in [0.25, 0.3) is 0 Å². The average Bonchev–Trinajstić information content (AvgIpc) is 3.13. The van der Waals surface area contributed by atoms with Crippen molar-refractivity contribution in [2.45, 2.75) is 88.7 Å². The Morgan fingerprint density at radius 1 is 0.521 bits per heavy atom. The fourth-order valence-electron chi connectivity index (χ4n) is 8.37. The van der Waals surface area contributed by atoms with Gasteiger partial charge in [-0.05, 0) is 71.8 Å². The van der Waals surface area contributed by atoms with Gasteiger partial charge in [-0.3, -0.25) is 0 Å². The predicted octanol–water partition coefficient (Wildman–Crippen LogP) is 7.34. The molecule has 0 bridgehead atoms. The zero-order chi connectivity index (χ0) is 34.1. The van der Waals surface area contributed by atoms with Crippen molar-refractivity contribution >= 4 is 44.3 Å². The molecule has 0 atom stereocenters. The van der Waals surface area contributed by atoms with E-state index in [-0.39, 0.29) is 11.3 Å². The highest BCUT2D eigenvalue weighted by atomic mass is 16.5. The third kappa shape index (κ3) is 4.38. The molecular weight excluding hydrogens is 608 g/mol. The summed E-state index contributed by atoms with van der Waals surface area (Å²) in [6.07, 6.45) is 1.59. The molecule has 2 heterocycles. The minimum absolute atomic E-state index is 0.377. The van der Waals surface area contributed by atoms with E-state index in [1.807, 2.05) is 36.4 Å². The van der Waals surface area contributed by atoms with E-state index < -0.39 is 24.0 Å². The molecule has 10 nitrogen and oxygen atoms in total. The first kappa shape index (κ1) is 32.3. The lowest BCUT2D eigenvalue weighted by Crippen LogP contribution is -2.52. The second-order valence-corrected chi connectivity index (χ2v) is 13.3. The van der Waals surface area contributed by atoms with E-state index in [9.17, 15) is 10.2 Å². The molecule has 0 saturated heterocycles. The molecule has 48 heavy (non-hydrogen) atoms. The Balaban J connectivity index is 1.36. The minimum Gasteiger partial charge on any atom is -0.495 e. The number of aliphatic hydroxyl groups excluding tert-OH is 2. The molecule has 4 aromatic rings. The zero-order valence-corrected chi connectivity index (χ0v) is 29.1. The summed E-state index contributed by atoms with van der Waals surface area (Å²) in [5.41, 5.74) is 4.41. The summed E-state index contributed by atoms with van der Waals surface area (Å²) in [6, 6.07) is 11.9. The Hall–Kier alpha value is -4.28. The fraction of sp³-hybridized carbons (Fsp3) is 0.474. The van der Waals surface area contributed by atoms with Crippen molar-refractivity contribution in [2.75, 3.05) is 49.7 Å². The molecule has 0 amide bonds. The second-order valence-electron chi connectivity index (χ2n) is 13.3. The molecule has 1 fully saturated rings. The van der Waals surface area contributed by atoms with Crippen LogP contribution in [-0.2, 0) is 0 Å². The van der Waals surface area contributed by atoms with Gasteiger partial charge < -0.3 is 50.4 Å². The van der Waals surface area contributed by atoms with Crippen LogP contribution in [-0.4, -0.2) is 62.2 Å². The molecule has 10 heteroatoms. The highest BCUT2D eigenvalue weighted by molar-refractivity contribution is 6.12. The zero-order valence-electron chi connectivity index (χ0n) is 29.1. The maximum atomic E-state index is 12.1. The van der Waals surface area contributed by atoms with Gasteiger partial charge in [0.05, 0.1) is 63.4 Å². The number of hydrogen-bond acceptors (Lipinski definition) is 10. The molecule has 0 spiro atoms. The van der Waals surface area contributed by atoms with E-state index in [1.165, 1.54) is 0 Å². The Morgan fingerprint density at radius 3 is 1.12 bits per heavy atom. The number of benzene rings is 4. The van der Waals surface area contributed by atoms with Crippen molar-refractivity contribution in [1.29, 1.82) is 0 Å². The number of rotatable bonds is 10. The van der Waals surface area contributed by atoms with E-state index in [2.05, 4.69) is 49.0 Å². The van der Waals surface area contributed by atoms with Crippen LogP contribution in [0.4, 0.5) is 22.7 Å². The summed E-state index contributed by atoms with van der Waals surface area (Å²) in [5.74, 6) is 1.66. The molecule has 6 N–H and O–H groups in total. The summed E-state index contributed by atoms with van der Waals surface area (Å²) < 4.78 is 23.6. The Morgan fingerprint density at radius 2 is 0.833 bits per heavy atom. The molecule has 7 rings (SSSR count). The van der Waals surface area contributed by atoms with Crippen LogP contribution in [0.3, 0.4) is 0 Å². The van der Waals surface area contributed by atoms with Crippen LogP contribution in [0.1, 0.15) is 76.3 Å². The van der Waals surface area contributed by atoms with Gasteiger partial charge in [-0.25, -0.2) is 0 Å². The molecule has 1 saturated carbocycles.